The van der Waals surface area contributed by atoms with Crippen molar-refractivity contribution in [1.82, 2.24) is 14.9 Å². The van der Waals surface area contributed by atoms with Gasteiger partial charge in [0, 0.05) is 18.8 Å². The van der Waals surface area contributed by atoms with E-state index in [1.54, 1.807) is 17.8 Å². The van der Waals surface area contributed by atoms with Crippen molar-refractivity contribution in [2.24, 2.45) is 7.05 Å². The summed E-state index contributed by atoms with van der Waals surface area (Å²) in [5.74, 6) is 0.589. The maximum Gasteiger partial charge on any atom is 0.229 e. The summed E-state index contributed by atoms with van der Waals surface area (Å²) in [6, 6.07) is 0. The molecule has 0 spiro atoms. The van der Waals surface area contributed by atoms with E-state index in [1.807, 2.05) is 20.9 Å². The van der Waals surface area contributed by atoms with Gasteiger partial charge in [-0.3, -0.25) is 9.48 Å². The Morgan fingerprint density at radius 1 is 1.39 bits per heavy atom. The zero-order valence-electron chi connectivity index (χ0n) is 10.9. The molecule has 0 aliphatic heterocycles. The van der Waals surface area contributed by atoms with E-state index in [0.717, 1.165) is 22.6 Å². The Balaban J connectivity index is 2.08. The van der Waals surface area contributed by atoms with Gasteiger partial charge in [0.2, 0.25) is 5.91 Å². The number of carbonyl (C=O) groups excluding carboxylic acids is 1. The summed E-state index contributed by atoms with van der Waals surface area (Å²) in [5, 5.41) is 10.8. The lowest BCUT2D eigenvalue weighted by Crippen LogP contribution is -2.15. The molecule has 0 radical (unpaired) electrons. The van der Waals surface area contributed by atoms with Gasteiger partial charge in [0.1, 0.15) is 5.76 Å². The lowest BCUT2D eigenvalue weighted by atomic mass is 10.1. The highest BCUT2D eigenvalue weighted by atomic mass is 16.5. The van der Waals surface area contributed by atoms with Crippen LogP contribution in [0.15, 0.2) is 10.7 Å². The summed E-state index contributed by atoms with van der Waals surface area (Å²) in [7, 11) is 1.82. The van der Waals surface area contributed by atoms with Crippen molar-refractivity contribution in [3.63, 3.8) is 0 Å². The Hall–Kier alpha value is -2.11. The van der Waals surface area contributed by atoms with Crippen LogP contribution in [0.4, 0.5) is 5.69 Å². The number of aryl methyl sites for hydroxylation is 4. The average molecular weight is 248 g/mol. The predicted octanol–water partition coefficient (Wildman–Crippen LogP) is 1.51. The first-order valence-electron chi connectivity index (χ1n) is 5.69. The SMILES string of the molecule is Cc1nn(C)cc1NC(=O)Cc1c(C)noc1C. The lowest BCUT2D eigenvalue weighted by Gasteiger charge is -2.03. The maximum atomic E-state index is 11.9. The molecule has 0 bridgehead atoms. The molecule has 96 valence electrons. The molecular weight excluding hydrogens is 232 g/mol. The number of carbonyl (C=O) groups is 1. The van der Waals surface area contributed by atoms with Crippen molar-refractivity contribution < 1.29 is 9.32 Å². The van der Waals surface area contributed by atoms with E-state index in [9.17, 15) is 4.79 Å². The zero-order chi connectivity index (χ0) is 13.3. The van der Waals surface area contributed by atoms with Crippen LogP contribution in [0.25, 0.3) is 0 Å². The summed E-state index contributed by atoms with van der Waals surface area (Å²) in [5.41, 5.74) is 3.12. The number of hydrogen-bond acceptors (Lipinski definition) is 4. The third-order valence-corrected chi connectivity index (χ3v) is 2.81. The van der Waals surface area contributed by atoms with E-state index in [-0.39, 0.29) is 12.3 Å². The van der Waals surface area contributed by atoms with Gasteiger partial charge in [-0.05, 0) is 20.8 Å². The Labute approximate surface area is 105 Å². The van der Waals surface area contributed by atoms with Gasteiger partial charge in [-0.15, -0.1) is 0 Å². The third-order valence-electron chi connectivity index (χ3n) is 2.81. The molecular formula is C12H16N4O2. The highest BCUT2D eigenvalue weighted by molar-refractivity contribution is 5.92. The van der Waals surface area contributed by atoms with Crippen LogP contribution in [0.3, 0.4) is 0 Å². The summed E-state index contributed by atoms with van der Waals surface area (Å²) in [4.78, 5) is 11.9. The monoisotopic (exact) mass is 248 g/mol. The molecule has 1 amide bonds. The number of aromatic nitrogens is 3. The molecule has 0 aliphatic rings. The number of rotatable bonds is 3. The average Bonchev–Trinajstić information content (AvgIpc) is 2.75. The lowest BCUT2D eigenvalue weighted by molar-refractivity contribution is -0.115. The van der Waals surface area contributed by atoms with Gasteiger partial charge in [-0.2, -0.15) is 5.10 Å². The van der Waals surface area contributed by atoms with Gasteiger partial charge >= 0.3 is 0 Å². The molecule has 6 heteroatoms. The highest BCUT2D eigenvalue weighted by Crippen LogP contribution is 2.15. The molecule has 0 aromatic carbocycles. The predicted molar refractivity (Wildman–Crippen MR) is 66.3 cm³/mol. The molecule has 0 fully saturated rings. The Morgan fingerprint density at radius 2 is 2.11 bits per heavy atom. The molecule has 18 heavy (non-hydrogen) atoms. The smallest absolute Gasteiger partial charge is 0.229 e. The molecule has 0 unspecified atom stereocenters. The van der Waals surface area contributed by atoms with Gasteiger partial charge in [0.25, 0.3) is 0 Å². The first-order valence-corrected chi connectivity index (χ1v) is 5.69. The Kier molecular flexibility index (Phi) is 3.18. The minimum Gasteiger partial charge on any atom is -0.361 e. The molecule has 2 aromatic heterocycles. The van der Waals surface area contributed by atoms with Gasteiger partial charge < -0.3 is 9.84 Å². The fourth-order valence-electron chi connectivity index (χ4n) is 1.83. The largest absolute Gasteiger partial charge is 0.361 e. The van der Waals surface area contributed by atoms with E-state index in [1.165, 1.54) is 0 Å². The van der Waals surface area contributed by atoms with Crippen LogP contribution in [-0.4, -0.2) is 20.8 Å². The van der Waals surface area contributed by atoms with Crippen LogP contribution in [0.5, 0.6) is 0 Å². The topological polar surface area (TPSA) is 73.0 Å². The summed E-state index contributed by atoms with van der Waals surface area (Å²) < 4.78 is 6.70. The Bertz CT molecular complexity index is 563. The van der Waals surface area contributed by atoms with E-state index in [0.29, 0.717) is 5.76 Å². The fraction of sp³-hybridized carbons (Fsp3) is 0.417. The molecule has 1 N–H and O–H groups in total. The third kappa shape index (κ3) is 2.42. The highest BCUT2D eigenvalue weighted by Gasteiger charge is 2.14. The van der Waals surface area contributed by atoms with Crippen LogP contribution in [0, 0.1) is 20.8 Å². The van der Waals surface area contributed by atoms with Crippen LogP contribution in [0.1, 0.15) is 22.7 Å². The zero-order valence-corrected chi connectivity index (χ0v) is 10.9. The van der Waals surface area contributed by atoms with Gasteiger partial charge in [0.05, 0.1) is 23.5 Å². The summed E-state index contributed by atoms with van der Waals surface area (Å²) >= 11 is 0. The molecule has 0 saturated carbocycles. The minimum absolute atomic E-state index is 0.0968. The van der Waals surface area contributed by atoms with Crippen molar-refractivity contribution in [1.29, 1.82) is 0 Å². The van der Waals surface area contributed by atoms with E-state index in [4.69, 9.17) is 4.52 Å². The summed E-state index contributed by atoms with van der Waals surface area (Å²) in [6.07, 6.45) is 2.04. The first-order chi connectivity index (χ1) is 8.47. The second kappa shape index (κ2) is 4.64. The number of amides is 1. The first kappa shape index (κ1) is 12.3. The van der Waals surface area contributed by atoms with E-state index >= 15 is 0 Å². The quantitative estimate of drug-likeness (QED) is 0.893. The molecule has 0 saturated heterocycles. The standard InChI is InChI=1S/C12H16N4O2/c1-7-10(9(3)18-15-7)5-12(17)13-11-6-16(4)14-8(11)2/h6H,5H2,1-4H3,(H,13,17). The number of nitrogens with one attached hydrogen (secondary N) is 1. The van der Waals surface area contributed by atoms with Crippen molar-refractivity contribution in [3.05, 3.63) is 28.9 Å². The second-order valence-electron chi connectivity index (χ2n) is 4.33. The van der Waals surface area contributed by atoms with Crippen LogP contribution in [-0.2, 0) is 18.3 Å². The molecule has 2 rings (SSSR count). The van der Waals surface area contributed by atoms with Crippen molar-refractivity contribution in [2.45, 2.75) is 27.2 Å². The van der Waals surface area contributed by atoms with E-state index in [2.05, 4.69) is 15.6 Å². The molecule has 0 atom stereocenters. The second-order valence-corrected chi connectivity index (χ2v) is 4.33. The van der Waals surface area contributed by atoms with E-state index < -0.39 is 0 Å². The Morgan fingerprint density at radius 3 is 2.61 bits per heavy atom. The van der Waals surface area contributed by atoms with Crippen molar-refractivity contribution >= 4 is 11.6 Å². The molecule has 0 aliphatic carbocycles. The van der Waals surface area contributed by atoms with Crippen molar-refractivity contribution in [2.75, 3.05) is 5.32 Å². The maximum absolute atomic E-state index is 11.9. The van der Waals surface area contributed by atoms with Gasteiger partial charge in [-0.1, -0.05) is 5.16 Å². The number of anilines is 1. The van der Waals surface area contributed by atoms with Crippen LogP contribution >= 0.6 is 0 Å². The van der Waals surface area contributed by atoms with Crippen molar-refractivity contribution in [3.8, 4) is 0 Å². The van der Waals surface area contributed by atoms with Gasteiger partial charge in [0.15, 0.2) is 0 Å². The molecule has 6 nitrogen and oxygen atoms in total. The van der Waals surface area contributed by atoms with Crippen LogP contribution < -0.4 is 5.32 Å². The fourth-order valence-corrected chi connectivity index (χ4v) is 1.83. The number of nitrogens with zero attached hydrogens (tertiary/aromatic N) is 3. The molecule has 2 heterocycles. The van der Waals surface area contributed by atoms with Gasteiger partial charge in [-0.25, -0.2) is 0 Å². The van der Waals surface area contributed by atoms with Crippen LogP contribution in [0.2, 0.25) is 0 Å². The molecule has 2 aromatic rings. The normalized spacial score (nSPS) is 10.7. The number of hydrogen-bond donors (Lipinski definition) is 1. The minimum atomic E-state index is -0.0968. The summed E-state index contributed by atoms with van der Waals surface area (Å²) in [6.45, 7) is 5.48.